The fourth-order valence-electron chi connectivity index (χ4n) is 3.18. The van der Waals surface area contributed by atoms with Gasteiger partial charge in [0, 0.05) is 17.8 Å². The largest absolute Gasteiger partial charge is 0.508 e. The van der Waals surface area contributed by atoms with E-state index in [1.54, 1.807) is 23.9 Å². The Balaban J connectivity index is 1.91. The summed E-state index contributed by atoms with van der Waals surface area (Å²) in [4.78, 5) is 13.1. The molecular formula is C21H18N2O3. The van der Waals surface area contributed by atoms with E-state index in [4.69, 9.17) is 4.42 Å². The van der Waals surface area contributed by atoms with Crippen molar-refractivity contribution in [2.75, 3.05) is 0 Å². The van der Waals surface area contributed by atoms with Gasteiger partial charge in [-0.3, -0.25) is 4.79 Å². The molecule has 5 heteroatoms. The molecule has 1 N–H and O–H groups in total. The van der Waals surface area contributed by atoms with Gasteiger partial charge in [0.25, 0.3) is 0 Å². The lowest BCUT2D eigenvalue weighted by Crippen LogP contribution is -2.07. The second kappa shape index (κ2) is 6.19. The molecule has 0 aliphatic heterocycles. The van der Waals surface area contributed by atoms with Gasteiger partial charge in [0.1, 0.15) is 17.1 Å². The molecule has 0 spiro atoms. The highest BCUT2D eigenvalue weighted by molar-refractivity contribution is 5.84. The number of rotatable bonds is 3. The van der Waals surface area contributed by atoms with Crippen LogP contribution in [0.4, 0.5) is 0 Å². The molecule has 0 atom stereocenters. The van der Waals surface area contributed by atoms with Crippen LogP contribution in [-0.2, 0) is 6.42 Å². The second-order valence-corrected chi connectivity index (χ2v) is 6.20. The molecule has 5 nitrogen and oxygen atoms in total. The van der Waals surface area contributed by atoms with Crippen LogP contribution >= 0.6 is 0 Å². The summed E-state index contributed by atoms with van der Waals surface area (Å²) in [7, 11) is 0. The molecule has 26 heavy (non-hydrogen) atoms. The third kappa shape index (κ3) is 2.58. The van der Waals surface area contributed by atoms with E-state index in [2.05, 4.69) is 5.10 Å². The minimum Gasteiger partial charge on any atom is -0.508 e. The van der Waals surface area contributed by atoms with Crippen molar-refractivity contribution in [3.63, 3.8) is 0 Å². The molecule has 4 rings (SSSR count). The van der Waals surface area contributed by atoms with Gasteiger partial charge in [-0.1, -0.05) is 25.1 Å². The Morgan fingerprint density at radius 2 is 1.96 bits per heavy atom. The zero-order valence-corrected chi connectivity index (χ0v) is 14.6. The highest BCUT2D eigenvalue weighted by atomic mass is 16.3. The fraction of sp³-hybridized carbons (Fsp3) is 0.143. The number of fused-ring (bicyclic) bond motifs is 1. The summed E-state index contributed by atoms with van der Waals surface area (Å²) < 4.78 is 7.56. The summed E-state index contributed by atoms with van der Waals surface area (Å²) in [6.45, 7) is 3.68. The SMILES string of the molecule is CCc1cc2c(=O)c(-c3cnn(-c4ccccc4)c3)c(C)oc2cc1O. The predicted octanol–water partition coefficient (Wildman–Crippen LogP) is 4.22. The van der Waals surface area contributed by atoms with Crippen molar-refractivity contribution >= 4 is 11.0 Å². The number of phenols is 1. The molecule has 2 aromatic carbocycles. The first-order valence-electron chi connectivity index (χ1n) is 8.48. The number of nitrogens with zero attached hydrogens (tertiary/aromatic N) is 2. The Morgan fingerprint density at radius 3 is 2.69 bits per heavy atom. The van der Waals surface area contributed by atoms with Crippen LogP contribution in [0.5, 0.6) is 5.75 Å². The molecule has 130 valence electrons. The van der Waals surface area contributed by atoms with E-state index in [1.165, 1.54) is 6.07 Å². The standard InChI is InChI=1S/C21H18N2O3/c1-3-14-9-17-19(10-18(14)24)26-13(2)20(21(17)25)15-11-22-23(12-15)16-7-5-4-6-8-16/h4-12,24H,3H2,1-2H3. The smallest absolute Gasteiger partial charge is 0.200 e. The van der Waals surface area contributed by atoms with Crippen molar-refractivity contribution in [3.05, 3.63) is 76.4 Å². The van der Waals surface area contributed by atoms with Gasteiger partial charge in [-0.2, -0.15) is 5.10 Å². The van der Waals surface area contributed by atoms with E-state index >= 15 is 0 Å². The molecule has 0 amide bonds. The molecule has 2 heterocycles. The minimum absolute atomic E-state index is 0.119. The number of aromatic hydroxyl groups is 1. The van der Waals surface area contributed by atoms with Gasteiger partial charge < -0.3 is 9.52 Å². The highest BCUT2D eigenvalue weighted by Gasteiger charge is 2.17. The molecule has 0 saturated carbocycles. The van der Waals surface area contributed by atoms with Gasteiger partial charge in [-0.25, -0.2) is 4.68 Å². The number of para-hydroxylation sites is 1. The van der Waals surface area contributed by atoms with Crippen LogP contribution < -0.4 is 5.43 Å². The van der Waals surface area contributed by atoms with E-state index in [1.807, 2.05) is 43.5 Å². The number of aryl methyl sites for hydroxylation is 2. The third-order valence-electron chi connectivity index (χ3n) is 4.54. The maximum atomic E-state index is 13.1. The van der Waals surface area contributed by atoms with Crippen molar-refractivity contribution in [1.82, 2.24) is 9.78 Å². The van der Waals surface area contributed by atoms with E-state index < -0.39 is 0 Å². The Hall–Kier alpha value is -3.34. The Morgan fingerprint density at radius 1 is 1.19 bits per heavy atom. The minimum atomic E-state index is -0.119. The van der Waals surface area contributed by atoms with Crippen LogP contribution in [0.15, 0.2) is 64.1 Å². The van der Waals surface area contributed by atoms with Crippen molar-refractivity contribution < 1.29 is 9.52 Å². The molecule has 0 radical (unpaired) electrons. The lowest BCUT2D eigenvalue weighted by molar-refractivity contribution is 0.467. The molecule has 0 bridgehead atoms. The van der Waals surface area contributed by atoms with Crippen molar-refractivity contribution in [2.45, 2.75) is 20.3 Å². The maximum absolute atomic E-state index is 13.1. The molecule has 0 saturated heterocycles. The molecule has 4 aromatic rings. The summed E-state index contributed by atoms with van der Waals surface area (Å²) in [5.74, 6) is 0.644. The number of aromatic nitrogens is 2. The van der Waals surface area contributed by atoms with Crippen molar-refractivity contribution in [2.24, 2.45) is 0 Å². The Bertz CT molecular complexity index is 1160. The Labute approximate surface area is 150 Å². The van der Waals surface area contributed by atoms with E-state index in [9.17, 15) is 9.90 Å². The second-order valence-electron chi connectivity index (χ2n) is 6.20. The van der Waals surface area contributed by atoms with Gasteiger partial charge in [-0.05, 0) is 37.1 Å². The quantitative estimate of drug-likeness (QED) is 0.603. The molecular weight excluding hydrogens is 328 g/mol. The van der Waals surface area contributed by atoms with Crippen LogP contribution in [0.3, 0.4) is 0 Å². The zero-order chi connectivity index (χ0) is 18.3. The number of phenolic OH excluding ortho intramolecular Hbond substituents is 1. The third-order valence-corrected chi connectivity index (χ3v) is 4.54. The molecule has 2 aromatic heterocycles. The van der Waals surface area contributed by atoms with E-state index in [0.29, 0.717) is 34.3 Å². The number of benzene rings is 2. The Kier molecular flexibility index (Phi) is 3.84. The average Bonchev–Trinajstić information content (AvgIpc) is 3.12. The van der Waals surface area contributed by atoms with Crippen molar-refractivity contribution in [1.29, 1.82) is 0 Å². The van der Waals surface area contributed by atoms with Crippen LogP contribution in [0.25, 0.3) is 27.8 Å². The zero-order valence-electron chi connectivity index (χ0n) is 14.6. The van der Waals surface area contributed by atoms with Crippen molar-refractivity contribution in [3.8, 4) is 22.6 Å². The molecule has 0 aliphatic rings. The van der Waals surface area contributed by atoms with E-state index in [0.717, 1.165) is 11.3 Å². The van der Waals surface area contributed by atoms with Crippen LogP contribution in [0.2, 0.25) is 0 Å². The lowest BCUT2D eigenvalue weighted by atomic mass is 10.0. The first kappa shape index (κ1) is 16.1. The number of hydrogen-bond acceptors (Lipinski definition) is 4. The molecule has 0 fully saturated rings. The van der Waals surface area contributed by atoms with Gasteiger partial charge in [-0.15, -0.1) is 0 Å². The van der Waals surface area contributed by atoms with Gasteiger partial charge >= 0.3 is 0 Å². The normalized spacial score (nSPS) is 11.2. The fourth-order valence-corrected chi connectivity index (χ4v) is 3.18. The first-order chi connectivity index (χ1) is 12.6. The topological polar surface area (TPSA) is 68.3 Å². The first-order valence-corrected chi connectivity index (χ1v) is 8.48. The van der Waals surface area contributed by atoms with Crippen LogP contribution in [0, 0.1) is 6.92 Å². The van der Waals surface area contributed by atoms with Gasteiger partial charge in [0.2, 0.25) is 5.43 Å². The monoisotopic (exact) mass is 346 g/mol. The lowest BCUT2D eigenvalue weighted by Gasteiger charge is -2.08. The summed E-state index contributed by atoms with van der Waals surface area (Å²) in [5.41, 5.74) is 3.10. The average molecular weight is 346 g/mol. The molecule has 0 aliphatic carbocycles. The van der Waals surface area contributed by atoms with Gasteiger partial charge in [0.05, 0.1) is 22.8 Å². The number of hydrogen-bond donors (Lipinski definition) is 1. The maximum Gasteiger partial charge on any atom is 0.200 e. The summed E-state index contributed by atoms with van der Waals surface area (Å²) >= 11 is 0. The highest BCUT2D eigenvalue weighted by Crippen LogP contribution is 2.28. The van der Waals surface area contributed by atoms with Gasteiger partial charge in [0.15, 0.2) is 0 Å². The summed E-state index contributed by atoms with van der Waals surface area (Å²) in [6, 6.07) is 12.9. The summed E-state index contributed by atoms with van der Waals surface area (Å²) in [6.07, 6.45) is 4.12. The van der Waals surface area contributed by atoms with Crippen LogP contribution in [0.1, 0.15) is 18.2 Å². The molecule has 0 unspecified atom stereocenters. The predicted molar refractivity (Wildman–Crippen MR) is 101 cm³/mol. The van der Waals surface area contributed by atoms with E-state index in [-0.39, 0.29) is 11.2 Å². The van der Waals surface area contributed by atoms with Crippen LogP contribution in [-0.4, -0.2) is 14.9 Å². The summed E-state index contributed by atoms with van der Waals surface area (Å²) in [5, 5.41) is 14.9.